The normalized spacial score (nSPS) is 35.2. The maximum Gasteiger partial charge on any atom is 0.241 e. The summed E-state index contributed by atoms with van der Waals surface area (Å²) in [5, 5.41) is 3.43. The first kappa shape index (κ1) is 12.8. The van der Waals surface area contributed by atoms with Crippen LogP contribution in [0.25, 0.3) is 0 Å². The first-order valence-corrected chi connectivity index (χ1v) is 6.75. The van der Waals surface area contributed by atoms with Gasteiger partial charge in [0, 0.05) is 12.6 Å². The van der Waals surface area contributed by atoms with Crippen LogP contribution in [0.1, 0.15) is 33.6 Å². The van der Waals surface area contributed by atoms with E-state index in [-0.39, 0.29) is 12.2 Å². The zero-order valence-corrected chi connectivity index (χ0v) is 11.4. The molecule has 0 saturated carbocycles. The van der Waals surface area contributed by atoms with E-state index in [9.17, 15) is 4.79 Å². The fourth-order valence-corrected chi connectivity index (χ4v) is 3.09. The highest BCUT2D eigenvalue weighted by Crippen LogP contribution is 2.23. The van der Waals surface area contributed by atoms with E-state index < -0.39 is 0 Å². The Bertz CT molecular complexity index is 292. The Morgan fingerprint density at radius 1 is 1.47 bits per heavy atom. The smallest absolute Gasteiger partial charge is 0.241 e. The van der Waals surface area contributed by atoms with E-state index in [1.165, 1.54) is 0 Å². The zero-order chi connectivity index (χ0) is 12.6. The van der Waals surface area contributed by atoms with Crippen molar-refractivity contribution in [3.8, 4) is 0 Å². The summed E-state index contributed by atoms with van der Waals surface area (Å²) in [5.41, 5.74) is 0. The zero-order valence-electron chi connectivity index (χ0n) is 11.4. The lowest BCUT2D eigenvalue weighted by molar-refractivity contribution is -0.132. The van der Waals surface area contributed by atoms with E-state index in [2.05, 4.69) is 42.9 Å². The Morgan fingerprint density at radius 2 is 2.18 bits per heavy atom. The molecule has 0 aromatic carbocycles. The standard InChI is InChI=1S/C13H25N3O/c1-9(2)7-12-13(17)16(10(3)14-12)11-5-6-15(4)8-11/h9-12,14H,5-8H2,1-4H3. The Hall–Kier alpha value is -0.610. The van der Waals surface area contributed by atoms with Gasteiger partial charge in [-0.05, 0) is 39.3 Å². The van der Waals surface area contributed by atoms with Crippen LogP contribution in [0.15, 0.2) is 0 Å². The lowest BCUT2D eigenvalue weighted by Crippen LogP contribution is -2.44. The molecule has 0 aromatic rings. The highest BCUT2D eigenvalue weighted by Gasteiger charge is 2.41. The maximum absolute atomic E-state index is 12.4. The van der Waals surface area contributed by atoms with E-state index in [1.54, 1.807) is 0 Å². The number of carbonyl (C=O) groups is 1. The number of carbonyl (C=O) groups excluding carboxylic acids is 1. The second-order valence-electron chi connectivity index (χ2n) is 5.98. The molecule has 98 valence electrons. The first-order valence-electron chi connectivity index (χ1n) is 6.75. The fraction of sp³-hybridized carbons (Fsp3) is 0.923. The third-order valence-corrected chi connectivity index (χ3v) is 3.88. The van der Waals surface area contributed by atoms with Gasteiger partial charge in [-0.3, -0.25) is 10.1 Å². The van der Waals surface area contributed by atoms with Crippen molar-refractivity contribution in [3.63, 3.8) is 0 Å². The molecule has 0 spiro atoms. The number of hydrogen-bond acceptors (Lipinski definition) is 3. The molecular weight excluding hydrogens is 214 g/mol. The fourth-order valence-electron chi connectivity index (χ4n) is 3.09. The summed E-state index contributed by atoms with van der Waals surface area (Å²) in [6.45, 7) is 8.58. The van der Waals surface area contributed by atoms with Crippen LogP contribution in [-0.4, -0.2) is 54.1 Å². The maximum atomic E-state index is 12.4. The van der Waals surface area contributed by atoms with Gasteiger partial charge in [-0.15, -0.1) is 0 Å². The van der Waals surface area contributed by atoms with Crippen molar-refractivity contribution in [2.45, 2.75) is 51.9 Å². The van der Waals surface area contributed by atoms with Crippen LogP contribution >= 0.6 is 0 Å². The van der Waals surface area contributed by atoms with E-state index in [0.29, 0.717) is 17.9 Å². The molecule has 2 aliphatic rings. The quantitative estimate of drug-likeness (QED) is 0.794. The molecule has 1 N–H and O–H groups in total. The molecule has 0 aromatic heterocycles. The van der Waals surface area contributed by atoms with Crippen LogP contribution in [0.5, 0.6) is 0 Å². The minimum atomic E-state index is 0.0379. The molecule has 0 radical (unpaired) electrons. The van der Waals surface area contributed by atoms with E-state index in [1.807, 2.05) is 0 Å². The minimum Gasteiger partial charge on any atom is -0.322 e. The van der Waals surface area contributed by atoms with Gasteiger partial charge in [-0.1, -0.05) is 13.8 Å². The average Bonchev–Trinajstić information content (AvgIpc) is 2.72. The molecule has 0 bridgehead atoms. The SMILES string of the molecule is CC(C)CC1NC(C)N(C2CCN(C)C2)C1=O. The summed E-state index contributed by atoms with van der Waals surface area (Å²) in [7, 11) is 2.13. The highest BCUT2D eigenvalue weighted by atomic mass is 16.2. The first-order chi connectivity index (χ1) is 7.99. The summed E-state index contributed by atoms with van der Waals surface area (Å²) in [5.74, 6) is 0.876. The molecule has 1 amide bonds. The lowest BCUT2D eigenvalue weighted by Gasteiger charge is -2.27. The second kappa shape index (κ2) is 4.94. The lowest BCUT2D eigenvalue weighted by atomic mass is 10.0. The summed E-state index contributed by atoms with van der Waals surface area (Å²) < 4.78 is 0. The van der Waals surface area contributed by atoms with Crippen LogP contribution in [-0.2, 0) is 4.79 Å². The Labute approximate surface area is 104 Å². The molecule has 2 heterocycles. The van der Waals surface area contributed by atoms with Crippen LogP contribution < -0.4 is 5.32 Å². The molecule has 4 heteroatoms. The predicted octanol–water partition coefficient (Wildman–Crippen LogP) is 0.883. The van der Waals surface area contributed by atoms with Crippen molar-refractivity contribution in [2.24, 2.45) is 5.92 Å². The summed E-state index contributed by atoms with van der Waals surface area (Å²) in [6, 6.07) is 0.447. The Balaban J connectivity index is 2.01. The molecule has 2 fully saturated rings. The second-order valence-corrected chi connectivity index (χ2v) is 5.98. The van der Waals surface area contributed by atoms with Gasteiger partial charge in [0.25, 0.3) is 0 Å². The minimum absolute atomic E-state index is 0.0379. The molecule has 0 aliphatic carbocycles. The third kappa shape index (κ3) is 2.63. The van der Waals surface area contributed by atoms with Crippen molar-refractivity contribution in [1.29, 1.82) is 0 Å². The van der Waals surface area contributed by atoms with Gasteiger partial charge in [-0.25, -0.2) is 0 Å². The van der Waals surface area contributed by atoms with Gasteiger partial charge in [0.1, 0.15) is 0 Å². The number of nitrogens with zero attached hydrogens (tertiary/aromatic N) is 2. The third-order valence-electron chi connectivity index (χ3n) is 3.88. The monoisotopic (exact) mass is 239 g/mol. The van der Waals surface area contributed by atoms with Gasteiger partial charge >= 0.3 is 0 Å². The van der Waals surface area contributed by atoms with Crippen LogP contribution in [0.2, 0.25) is 0 Å². The summed E-state index contributed by atoms with van der Waals surface area (Å²) in [4.78, 5) is 16.8. The van der Waals surface area contributed by atoms with Crippen LogP contribution in [0.3, 0.4) is 0 Å². The van der Waals surface area contributed by atoms with Crippen molar-refractivity contribution >= 4 is 5.91 Å². The van der Waals surface area contributed by atoms with Crippen LogP contribution in [0.4, 0.5) is 0 Å². The Kier molecular flexibility index (Phi) is 3.73. The van der Waals surface area contributed by atoms with Crippen molar-refractivity contribution < 1.29 is 4.79 Å². The topological polar surface area (TPSA) is 35.6 Å². The van der Waals surface area contributed by atoms with Crippen LogP contribution in [0, 0.1) is 5.92 Å². The number of hydrogen-bond donors (Lipinski definition) is 1. The molecule has 3 unspecified atom stereocenters. The van der Waals surface area contributed by atoms with E-state index >= 15 is 0 Å². The van der Waals surface area contributed by atoms with Gasteiger partial charge < -0.3 is 9.80 Å². The number of amides is 1. The molecule has 2 rings (SSSR count). The van der Waals surface area contributed by atoms with Gasteiger partial charge in [0.15, 0.2) is 0 Å². The predicted molar refractivity (Wildman–Crippen MR) is 68.6 cm³/mol. The number of likely N-dealkylation sites (N-methyl/N-ethyl adjacent to an activating group) is 1. The largest absolute Gasteiger partial charge is 0.322 e. The number of likely N-dealkylation sites (tertiary alicyclic amines) is 1. The highest BCUT2D eigenvalue weighted by molar-refractivity contribution is 5.84. The molecular formula is C13H25N3O. The summed E-state index contributed by atoms with van der Waals surface area (Å²) >= 11 is 0. The van der Waals surface area contributed by atoms with Gasteiger partial charge in [0.05, 0.1) is 12.2 Å². The van der Waals surface area contributed by atoms with Gasteiger partial charge in [-0.2, -0.15) is 0 Å². The number of nitrogens with one attached hydrogen (secondary N) is 1. The van der Waals surface area contributed by atoms with Crippen molar-refractivity contribution in [3.05, 3.63) is 0 Å². The molecule has 2 aliphatic heterocycles. The molecule has 2 saturated heterocycles. The summed E-state index contributed by atoms with van der Waals surface area (Å²) in [6.07, 6.45) is 2.26. The van der Waals surface area contributed by atoms with E-state index in [0.717, 1.165) is 25.9 Å². The molecule has 3 atom stereocenters. The van der Waals surface area contributed by atoms with Crippen molar-refractivity contribution in [1.82, 2.24) is 15.1 Å². The number of rotatable bonds is 3. The molecule has 17 heavy (non-hydrogen) atoms. The van der Waals surface area contributed by atoms with Gasteiger partial charge in [0.2, 0.25) is 5.91 Å². The Morgan fingerprint density at radius 3 is 2.71 bits per heavy atom. The average molecular weight is 239 g/mol. The van der Waals surface area contributed by atoms with Crippen molar-refractivity contribution in [2.75, 3.05) is 20.1 Å². The van der Waals surface area contributed by atoms with E-state index in [4.69, 9.17) is 0 Å². The molecule has 4 nitrogen and oxygen atoms in total.